The SMILES string of the molecule is Cc1ccc(C)n1CC1CCN(C(C)C)C1. The molecular formula is C14H24N2. The molecule has 1 fully saturated rings. The summed E-state index contributed by atoms with van der Waals surface area (Å²) in [6.45, 7) is 12.8. The van der Waals surface area contributed by atoms with Gasteiger partial charge in [0.25, 0.3) is 0 Å². The van der Waals surface area contributed by atoms with Crippen molar-refractivity contribution in [2.75, 3.05) is 13.1 Å². The van der Waals surface area contributed by atoms with Gasteiger partial charge in [-0.25, -0.2) is 0 Å². The monoisotopic (exact) mass is 220 g/mol. The summed E-state index contributed by atoms with van der Waals surface area (Å²) in [5.41, 5.74) is 2.81. The molecule has 0 saturated carbocycles. The maximum Gasteiger partial charge on any atom is 0.0265 e. The van der Waals surface area contributed by atoms with Crippen LogP contribution in [0.25, 0.3) is 0 Å². The molecule has 0 aliphatic carbocycles. The molecule has 1 aromatic rings. The van der Waals surface area contributed by atoms with Crippen molar-refractivity contribution in [2.24, 2.45) is 5.92 Å². The van der Waals surface area contributed by atoms with E-state index in [0.717, 1.165) is 5.92 Å². The van der Waals surface area contributed by atoms with Crippen LogP contribution in [-0.2, 0) is 6.54 Å². The summed E-state index contributed by atoms with van der Waals surface area (Å²) < 4.78 is 2.47. The topological polar surface area (TPSA) is 8.17 Å². The van der Waals surface area contributed by atoms with E-state index in [2.05, 4.69) is 49.3 Å². The number of aryl methyl sites for hydroxylation is 2. The predicted octanol–water partition coefficient (Wildman–Crippen LogP) is 2.84. The standard InChI is InChI=1S/C14H24N2/c1-11(2)15-8-7-14(9-15)10-16-12(3)5-6-13(16)4/h5-6,11,14H,7-10H2,1-4H3. The van der Waals surface area contributed by atoms with Gasteiger partial charge in [-0.2, -0.15) is 0 Å². The van der Waals surface area contributed by atoms with Crippen LogP contribution in [0.3, 0.4) is 0 Å². The van der Waals surface area contributed by atoms with Gasteiger partial charge >= 0.3 is 0 Å². The van der Waals surface area contributed by atoms with Gasteiger partial charge in [0.05, 0.1) is 0 Å². The smallest absolute Gasteiger partial charge is 0.0265 e. The highest BCUT2D eigenvalue weighted by Gasteiger charge is 2.24. The summed E-state index contributed by atoms with van der Waals surface area (Å²) in [5.74, 6) is 0.840. The first-order valence-electron chi connectivity index (χ1n) is 6.44. The van der Waals surface area contributed by atoms with Crippen molar-refractivity contribution in [3.8, 4) is 0 Å². The lowest BCUT2D eigenvalue weighted by molar-refractivity contribution is 0.260. The van der Waals surface area contributed by atoms with Crippen LogP contribution >= 0.6 is 0 Å². The Morgan fingerprint density at radius 2 is 1.88 bits per heavy atom. The van der Waals surface area contributed by atoms with E-state index in [1.54, 1.807) is 0 Å². The fourth-order valence-electron chi connectivity index (χ4n) is 2.73. The highest BCUT2D eigenvalue weighted by molar-refractivity contribution is 5.13. The van der Waals surface area contributed by atoms with Crippen LogP contribution in [0, 0.1) is 19.8 Å². The maximum absolute atomic E-state index is 2.60. The first kappa shape index (κ1) is 11.7. The van der Waals surface area contributed by atoms with Crippen LogP contribution in [0.4, 0.5) is 0 Å². The fraction of sp³-hybridized carbons (Fsp3) is 0.714. The van der Waals surface area contributed by atoms with Gasteiger partial charge in [0.1, 0.15) is 0 Å². The second kappa shape index (κ2) is 4.62. The number of rotatable bonds is 3. The number of likely N-dealkylation sites (tertiary alicyclic amines) is 1. The van der Waals surface area contributed by atoms with E-state index >= 15 is 0 Å². The summed E-state index contributed by atoms with van der Waals surface area (Å²) >= 11 is 0. The van der Waals surface area contributed by atoms with Crippen molar-refractivity contribution >= 4 is 0 Å². The van der Waals surface area contributed by atoms with Crippen molar-refractivity contribution in [2.45, 2.75) is 46.7 Å². The first-order chi connectivity index (χ1) is 7.58. The molecular weight excluding hydrogens is 196 g/mol. The fourth-order valence-corrected chi connectivity index (χ4v) is 2.73. The Morgan fingerprint density at radius 3 is 2.38 bits per heavy atom. The van der Waals surface area contributed by atoms with Crippen LogP contribution < -0.4 is 0 Å². The zero-order chi connectivity index (χ0) is 11.7. The van der Waals surface area contributed by atoms with Crippen molar-refractivity contribution in [3.05, 3.63) is 23.5 Å². The molecule has 0 aromatic carbocycles. The molecule has 0 bridgehead atoms. The number of nitrogens with zero attached hydrogens (tertiary/aromatic N) is 2. The minimum atomic E-state index is 0.705. The van der Waals surface area contributed by atoms with Crippen molar-refractivity contribution in [3.63, 3.8) is 0 Å². The van der Waals surface area contributed by atoms with E-state index in [9.17, 15) is 0 Å². The molecule has 0 spiro atoms. The molecule has 16 heavy (non-hydrogen) atoms. The van der Waals surface area contributed by atoms with Crippen LogP contribution in [0.2, 0.25) is 0 Å². The molecule has 2 heteroatoms. The largest absolute Gasteiger partial charge is 0.349 e. The Kier molecular flexibility index (Phi) is 3.38. The van der Waals surface area contributed by atoms with Crippen molar-refractivity contribution in [1.82, 2.24) is 9.47 Å². The van der Waals surface area contributed by atoms with E-state index in [1.807, 2.05) is 0 Å². The first-order valence-corrected chi connectivity index (χ1v) is 6.44. The van der Waals surface area contributed by atoms with Gasteiger partial charge in [-0.15, -0.1) is 0 Å². The minimum Gasteiger partial charge on any atom is -0.349 e. The average Bonchev–Trinajstić information content (AvgIpc) is 2.80. The summed E-state index contributed by atoms with van der Waals surface area (Å²) in [4.78, 5) is 2.60. The van der Waals surface area contributed by atoms with Crippen LogP contribution in [-0.4, -0.2) is 28.6 Å². The molecule has 0 radical (unpaired) electrons. The molecule has 1 unspecified atom stereocenters. The third-order valence-electron chi connectivity index (χ3n) is 3.91. The van der Waals surface area contributed by atoms with Gasteiger partial charge in [-0.1, -0.05) is 0 Å². The minimum absolute atomic E-state index is 0.705. The molecule has 1 atom stereocenters. The summed E-state index contributed by atoms with van der Waals surface area (Å²) in [7, 11) is 0. The number of hydrogen-bond acceptors (Lipinski definition) is 1. The summed E-state index contributed by atoms with van der Waals surface area (Å²) in [6, 6.07) is 5.16. The molecule has 90 valence electrons. The molecule has 1 saturated heterocycles. The van der Waals surface area contributed by atoms with E-state index in [1.165, 1.54) is 37.4 Å². The van der Waals surface area contributed by atoms with Gasteiger partial charge in [-0.3, -0.25) is 0 Å². The van der Waals surface area contributed by atoms with Gasteiger partial charge in [-0.05, 0) is 58.7 Å². The van der Waals surface area contributed by atoms with E-state index < -0.39 is 0 Å². The number of hydrogen-bond donors (Lipinski definition) is 0. The quantitative estimate of drug-likeness (QED) is 0.760. The number of aromatic nitrogens is 1. The Morgan fingerprint density at radius 1 is 1.25 bits per heavy atom. The van der Waals surface area contributed by atoms with E-state index in [0.29, 0.717) is 6.04 Å². The lowest BCUT2D eigenvalue weighted by atomic mass is 10.1. The lowest BCUT2D eigenvalue weighted by Crippen LogP contribution is -2.28. The van der Waals surface area contributed by atoms with Crippen molar-refractivity contribution in [1.29, 1.82) is 0 Å². The normalized spacial score (nSPS) is 22.2. The van der Waals surface area contributed by atoms with Crippen LogP contribution in [0.5, 0.6) is 0 Å². The predicted molar refractivity (Wildman–Crippen MR) is 68.7 cm³/mol. The average molecular weight is 220 g/mol. The van der Waals surface area contributed by atoms with Gasteiger partial charge in [0.2, 0.25) is 0 Å². The second-order valence-electron chi connectivity index (χ2n) is 5.47. The molecule has 2 rings (SSSR count). The molecule has 1 aromatic heterocycles. The molecule has 0 amide bonds. The Hall–Kier alpha value is -0.760. The second-order valence-corrected chi connectivity index (χ2v) is 5.47. The van der Waals surface area contributed by atoms with E-state index in [-0.39, 0.29) is 0 Å². The molecule has 1 aliphatic rings. The zero-order valence-electron chi connectivity index (χ0n) is 11.0. The van der Waals surface area contributed by atoms with E-state index in [4.69, 9.17) is 0 Å². The van der Waals surface area contributed by atoms with Crippen LogP contribution in [0.15, 0.2) is 12.1 Å². The van der Waals surface area contributed by atoms with Gasteiger partial charge in [0.15, 0.2) is 0 Å². The molecule has 0 N–H and O–H groups in total. The van der Waals surface area contributed by atoms with Gasteiger partial charge in [0, 0.05) is 30.5 Å². The molecule has 2 nitrogen and oxygen atoms in total. The van der Waals surface area contributed by atoms with Gasteiger partial charge < -0.3 is 9.47 Å². The summed E-state index contributed by atoms with van der Waals surface area (Å²) in [6.07, 6.45) is 1.36. The molecule has 1 aliphatic heterocycles. The molecule has 2 heterocycles. The lowest BCUT2D eigenvalue weighted by Gasteiger charge is -2.21. The third kappa shape index (κ3) is 2.32. The van der Waals surface area contributed by atoms with Crippen LogP contribution in [0.1, 0.15) is 31.7 Å². The zero-order valence-corrected chi connectivity index (χ0v) is 11.0. The Labute approximate surface area is 99.3 Å². The third-order valence-corrected chi connectivity index (χ3v) is 3.91. The highest BCUT2D eigenvalue weighted by Crippen LogP contribution is 2.21. The van der Waals surface area contributed by atoms with Crippen molar-refractivity contribution < 1.29 is 0 Å². The highest BCUT2D eigenvalue weighted by atomic mass is 15.2. The maximum atomic E-state index is 2.60. The summed E-state index contributed by atoms with van der Waals surface area (Å²) in [5, 5.41) is 0. The Bertz CT molecular complexity index is 332. The Balaban J connectivity index is 1.97.